The zero-order valence-electron chi connectivity index (χ0n) is 10.2. The number of anilines is 1. The summed E-state index contributed by atoms with van der Waals surface area (Å²) in [6.07, 6.45) is 1.51. The van der Waals surface area contributed by atoms with Gasteiger partial charge in [-0.05, 0) is 26.0 Å². The van der Waals surface area contributed by atoms with Crippen LogP contribution < -0.4 is 10.6 Å². The second kappa shape index (κ2) is 5.31. The summed E-state index contributed by atoms with van der Waals surface area (Å²) in [6.45, 7) is 4.05. The van der Waals surface area contributed by atoms with Gasteiger partial charge in [0.1, 0.15) is 12.1 Å². The van der Waals surface area contributed by atoms with Gasteiger partial charge in [-0.1, -0.05) is 11.2 Å². The highest BCUT2D eigenvalue weighted by molar-refractivity contribution is 5.88. The molecule has 0 spiro atoms. The number of amides is 2. The summed E-state index contributed by atoms with van der Waals surface area (Å²) in [5.41, 5.74) is 2.47. The highest BCUT2D eigenvalue weighted by Gasteiger charge is 2.06. The average molecular weight is 246 g/mol. The number of aromatic nitrogens is 2. The van der Waals surface area contributed by atoms with Gasteiger partial charge in [-0.25, -0.2) is 9.78 Å². The molecule has 0 radical (unpaired) electrons. The summed E-state index contributed by atoms with van der Waals surface area (Å²) in [5.74, 6) is 0.523. The Morgan fingerprint density at radius 2 is 2.22 bits per heavy atom. The third-order valence-electron chi connectivity index (χ3n) is 2.42. The molecule has 2 aromatic heterocycles. The minimum absolute atomic E-state index is 0.311. The van der Waals surface area contributed by atoms with Crippen molar-refractivity contribution >= 4 is 11.8 Å². The topological polar surface area (TPSA) is 80.0 Å². The Kier molecular flexibility index (Phi) is 3.57. The summed E-state index contributed by atoms with van der Waals surface area (Å²) >= 11 is 0. The molecule has 0 aromatic carbocycles. The lowest BCUT2D eigenvalue weighted by molar-refractivity contribution is 0.251. The minimum Gasteiger partial charge on any atom is -0.364 e. The molecule has 0 fully saturated rings. The first-order chi connectivity index (χ1) is 8.65. The van der Waals surface area contributed by atoms with E-state index >= 15 is 0 Å². The number of hydrogen-bond acceptors (Lipinski definition) is 4. The van der Waals surface area contributed by atoms with E-state index in [-0.39, 0.29) is 6.03 Å². The number of aryl methyl sites for hydroxylation is 2. The summed E-state index contributed by atoms with van der Waals surface area (Å²) < 4.78 is 4.78. The van der Waals surface area contributed by atoms with Gasteiger partial charge in [-0.15, -0.1) is 0 Å². The Bertz CT molecular complexity index is 551. The summed E-state index contributed by atoms with van der Waals surface area (Å²) in [4.78, 5) is 15.8. The quantitative estimate of drug-likeness (QED) is 0.868. The Hall–Kier alpha value is -2.37. The zero-order chi connectivity index (χ0) is 13.0. The fraction of sp³-hybridized carbons (Fsp3) is 0.250. The molecular formula is C12H14N4O2. The van der Waals surface area contributed by atoms with Crippen molar-refractivity contribution in [2.75, 3.05) is 5.32 Å². The van der Waals surface area contributed by atoms with Gasteiger partial charge in [-0.2, -0.15) is 0 Å². The van der Waals surface area contributed by atoms with Crippen molar-refractivity contribution < 1.29 is 9.32 Å². The van der Waals surface area contributed by atoms with Gasteiger partial charge in [0.25, 0.3) is 0 Å². The fourth-order valence-corrected chi connectivity index (χ4v) is 1.43. The maximum absolute atomic E-state index is 11.6. The van der Waals surface area contributed by atoms with E-state index in [4.69, 9.17) is 4.52 Å². The lowest BCUT2D eigenvalue weighted by Gasteiger charge is -2.06. The fourth-order valence-electron chi connectivity index (χ4n) is 1.43. The highest BCUT2D eigenvalue weighted by Crippen LogP contribution is 2.05. The molecule has 6 heteroatoms. The van der Waals surface area contributed by atoms with Crippen molar-refractivity contribution in [3.8, 4) is 0 Å². The van der Waals surface area contributed by atoms with Crippen LogP contribution in [0, 0.1) is 13.8 Å². The highest BCUT2D eigenvalue weighted by atomic mass is 16.5. The zero-order valence-corrected chi connectivity index (χ0v) is 10.2. The van der Waals surface area contributed by atoms with Crippen LogP contribution in [0.1, 0.15) is 17.0 Å². The van der Waals surface area contributed by atoms with Crippen LogP contribution in [0.3, 0.4) is 0 Å². The van der Waals surface area contributed by atoms with Crippen molar-refractivity contribution in [2.24, 2.45) is 0 Å². The van der Waals surface area contributed by atoms with Gasteiger partial charge < -0.3 is 9.84 Å². The van der Waals surface area contributed by atoms with Gasteiger partial charge in [0, 0.05) is 17.8 Å². The monoisotopic (exact) mass is 246 g/mol. The van der Waals surface area contributed by atoms with E-state index in [9.17, 15) is 4.79 Å². The van der Waals surface area contributed by atoms with Crippen molar-refractivity contribution in [1.29, 1.82) is 0 Å². The number of pyridine rings is 1. The maximum Gasteiger partial charge on any atom is 0.320 e. The number of carbonyl (C=O) groups is 1. The van der Waals surface area contributed by atoms with Crippen LogP contribution >= 0.6 is 0 Å². The third-order valence-corrected chi connectivity index (χ3v) is 2.42. The molecule has 0 unspecified atom stereocenters. The van der Waals surface area contributed by atoms with Gasteiger partial charge in [0.2, 0.25) is 0 Å². The van der Waals surface area contributed by atoms with Gasteiger partial charge in [0.15, 0.2) is 0 Å². The molecule has 0 saturated carbocycles. The Morgan fingerprint density at radius 3 is 2.89 bits per heavy atom. The number of urea groups is 1. The molecule has 2 aromatic rings. The van der Waals surface area contributed by atoms with Crippen LogP contribution in [-0.2, 0) is 6.54 Å². The first-order valence-electron chi connectivity index (χ1n) is 5.53. The van der Waals surface area contributed by atoms with Crippen LogP contribution in [0.4, 0.5) is 10.6 Å². The van der Waals surface area contributed by atoms with Crippen LogP contribution in [-0.4, -0.2) is 16.2 Å². The predicted octanol–water partition coefficient (Wildman–Crippen LogP) is 2.01. The Morgan fingerprint density at radius 1 is 1.39 bits per heavy atom. The predicted molar refractivity (Wildman–Crippen MR) is 66.1 cm³/mol. The van der Waals surface area contributed by atoms with E-state index in [1.54, 1.807) is 6.07 Å². The van der Waals surface area contributed by atoms with E-state index in [0.29, 0.717) is 12.4 Å². The van der Waals surface area contributed by atoms with E-state index in [0.717, 1.165) is 17.0 Å². The van der Waals surface area contributed by atoms with E-state index in [2.05, 4.69) is 20.8 Å². The molecule has 2 N–H and O–H groups in total. The average Bonchev–Trinajstić information content (AvgIpc) is 2.72. The molecule has 94 valence electrons. The molecule has 0 aliphatic heterocycles. The van der Waals surface area contributed by atoms with Crippen molar-refractivity contribution in [2.45, 2.75) is 20.4 Å². The second-order valence-electron chi connectivity index (χ2n) is 3.90. The maximum atomic E-state index is 11.6. The lowest BCUT2D eigenvalue weighted by atomic mass is 10.3. The first-order valence-corrected chi connectivity index (χ1v) is 5.53. The molecular weight excluding hydrogens is 232 g/mol. The summed E-state index contributed by atoms with van der Waals surface area (Å²) in [7, 11) is 0. The molecule has 2 heterocycles. The van der Waals surface area contributed by atoms with Crippen LogP contribution in [0.15, 0.2) is 29.0 Å². The normalized spacial score (nSPS) is 10.1. The lowest BCUT2D eigenvalue weighted by Crippen LogP contribution is -2.28. The summed E-state index contributed by atoms with van der Waals surface area (Å²) in [6, 6.07) is 5.12. The van der Waals surface area contributed by atoms with Crippen LogP contribution in [0.2, 0.25) is 0 Å². The number of hydrogen-bond donors (Lipinski definition) is 2. The molecule has 18 heavy (non-hydrogen) atoms. The van der Waals surface area contributed by atoms with Crippen molar-refractivity contribution in [3.05, 3.63) is 41.4 Å². The molecule has 0 saturated heterocycles. The van der Waals surface area contributed by atoms with Crippen LogP contribution in [0.5, 0.6) is 0 Å². The number of carbonyl (C=O) groups excluding carboxylic acids is 1. The second-order valence-corrected chi connectivity index (χ2v) is 3.90. The minimum atomic E-state index is -0.311. The van der Waals surface area contributed by atoms with Gasteiger partial charge in [-0.3, -0.25) is 5.32 Å². The smallest absolute Gasteiger partial charge is 0.320 e. The van der Waals surface area contributed by atoms with E-state index in [1.165, 1.54) is 6.26 Å². The molecule has 6 nitrogen and oxygen atoms in total. The number of nitrogens with zero attached hydrogens (tertiary/aromatic N) is 2. The molecule has 0 aliphatic carbocycles. The van der Waals surface area contributed by atoms with Gasteiger partial charge >= 0.3 is 6.03 Å². The SMILES string of the molecule is Cc1cccc(NC(=O)NCc2conc2C)n1. The van der Waals surface area contributed by atoms with E-state index < -0.39 is 0 Å². The van der Waals surface area contributed by atoms with E-state index in [1.807, 2.05) is 26.0 Å². The molecule has 0 bridgehead atoms. The largest absolute Gasteiger partial charge is 0.364 e. The van der Waals surface area contributed by atoms with Crippen molar-refractivity contribution in [3.63, 3.8) is 0 Å². The first kappa shape index (κ1) is 12.1. The Labute approximate surface area is 104 Å². The molecule has 0 aliphatic rings. The Balaban J connectivity index is 1.88. The number of rotatable bonds is 3. The third kappa shape index (κ3) is 3.07. The summed E-state index contributed by atoms with van der Waals surface area (Å²) in [5, 5.41) is 9.09. The molecule has 2 amide bonds. The number of nitrogens with one attached hydrogen (secondary N) is 2. The standard InChI is InChI=1S/C12H14N4O2/c1-8-4-3-5-11(14-8)15-12(17)13-6-10-7-18-16-9(10)2/h3-5,7H,6H2,1-2H3,(H2,13,14,15,17). The van der Waals surface area contributed by atoms with Crippen LogP contribution in [0.25, 0.3) is 0 Å². The van der Waals surface area contributed by atoms with Crippen molar-refractivity contribution in [1.82, 2.24) is 15.5 Å². The molecule has 2 rings (SSSR count). The molecule has 0 atom stereocenters. The van der Waals surface area contributed by atoms with Gasteiger partial charge in [0.05, 0.1) is 5.69 Å².